The summed E-state index contributed by atoms with van der Waals surface area (Å²) < 4.78 is 7.02. The average molecular weight is 552 g/mol. The molecule has 5 heteroatoms. The lowest BCUT2D eigenvalue weighted by Crippen LogP contribution is -2.01. The van der Waals surface area contributed by atoms with Gasteiger partial charge in [0.05, 0.1) is 38.6 Å². The van der Waals surface area contributed by atoms with Gasteiger partial charge in [-0.1, -0.05) is 72.8 Å². The van der Waals surface area contributed by atoms with Gasteiger partial charge in [-0.15, -0.1) is 0 Å². The number of benzene rings is 5. The molecular formula is C38H25N5. The molecule has 1 aliphatic rings. The van der Waals surface area contributed by atoms with Gasteiger partial charge in [-0.05, 0) is 73.0 Å². The zero-order chi connectivity index (χ0) is 28.1. The minimum atomic E-state index is 0.838. The Morgan fingerprint density at radius 3 is 1.84 bits per heavy atom. The van der Waals surface area contributed by atoms with Crippen molar-refractivity contribution in [2.75, 3.05) is 0 Å². The van der Waals surface area contributed by atoms with Gasteiger partial charge in [0.2, 0.25) is 0 Å². The summed E-state index contributed by atoms with van der Waals surface area (Å²) >= 11 is 0. The maximum Gasteiger partial charge on any atom is 0.182 e. The highest BCUT2D eigenvalue weighted by molar-refractivity contribution is 6.08. The van der Waals surface area contributed by atoms with Crippen LogP contribution in [0, 0.1) is 0 Å². The van der Waals surface area contributed by atoms with Crippen LogP contribution in [0.25, 0.3) is 77.8 Å². The first-order valence-corrected chi connectivity index (χ1v) is 14.8. The Morgan fingerprint density at radius 2 is 1.09 bits per heavy atom. The molecule has 4 heterocycles. The minimum Gasteiger partial charge on any atom is -0.310 e. The molecule has 0 bridgehead atoms. The van der Waals surface area contributed by atoms with Gasteiger partial charge in [0, 0.05) is 27.5 Å². The Bertz CT molecular complexity index is 2680. The number of hydrogen-bond donors (Lipinski definition) is 0. The second-order valence-corrected chi connectivity index (χ2v) is 11.4. The number of fused-ring (bicyclic) bond motifs is 15. The normalized spacial score (nSPS) is 13.3. The van der Waals surface area contributed by atoms with Gasteiger partial charge >= 0.3 is 0 Å². The molecule has 0 fully saturated rings. The van der Waals surface area contributed by atoms with Gasteiger partial charge in [-0.25, -0.2) is 9.97 Å². The van der Waals surface area contributed by atoms with Crippen LogP contribution < -0.4 is 0 Å². The van der Waals surface area contributed by atoms with E-state index in [0.717, 1.165) is 73.7 Å². The van der Waals surface area contributed by atoms with Gasteiger partial charge in [0.15, 0.2) is 11.3 Å². The van der Waals surface area contributed by atoms with Crippen LogP contribution in [0.1, 0.15) is 17.7 Å². The third-order valence-electron chi connectivity index (χ3n) is 9.09. The number of para-hydroxylation sites is 6. The van der Waals surface area contributed by atoms with E-state index in [0.29, 0.717) is 0 Å². The quantitative estimate of drug-likeness (QED) is 0.204. The molecule has 0 spiro atoms. The molecule has 202 valence electrons. The standard InChI is InChI=1S/C38H25N5/c1-6-16-31-25(11-1)26-12-2-7-17-32(26)41(31)24-21-22-28-27-13-3-8-18-33(27)42-34-19-9-4-14-29(34)39-37(42)38-40-30-15-5-10-20-35(30)43(38)36(28)23-24/h1,3-11,13-23H,2,12H2. The van der Waals surface area contributed by atoms with Crippen molar-refractivity contribution < 1.29 is 0 Å². The van der Waals surface area contributed by atoms with Crippen LogP contribution in [0.5, 0.6) is 0 Å². The molecular weight excluding hydrogens is 526 g/mol. The molecule has 0 atom stereocenters. The SMILES string of the molecule is C1=Cc2c(c3ccccc3n2-c2ccc3c4ccccc4n4c5ccccc5nc4c4nc5ccccc5n4c3c2)CC1. The zero-order valence-corrected chi connectivity index (χ0v) is 23.3. The molecule has 5 nitrogen and oxygen atoms in total. The highest BCUT2D eigenvalue weighted by Gasteiger charge is 2.20. The fourth-order valence-corrected chi connectivity index (χ4v) is 7.27. The van der Waals surface area contributed by atoms with Crippen LogP contribution in [0.15, 0.2) is 121 Å². The molecule has 5 aromatic carbocycles. The maximum atomic E-state index is 5.24. The summed E-state index contributed by atoms with van der Waals surface area (Å²) in [5, 5.41) is 3.66. The maximum absolute atomic E-state index is 5.24. The van der Waals surface area contributed by atoms with Gasteiger partial charge in [-0.3, -0.25) is 8.80 Å². The van der Waals surface area contributed by atoms with E-state index in [9.17, 15) is 0 Å². The lowest BCUT2D eigenvalue weighted by Gasteiger charge is -2.14. The van der Waals surface area contributed by atoms with Crippen molar-refractivity contribution in [3.8, 4) is 5.69 Å². The number of nitrogens with zero attached hydrogens (tertiary/aromatic N) is 5. The third kappa shape index (κ3) is 3.06. The fourth-order valence-electron chi connectivity index (χ4n) is 7.27. The van der Waals surface area contributed by atoms with Crippen LogP contribution in [-0.2, 0) is 6.42 Å². The topological polar surface area (TPSA) is 39.5 Å². The number of imidazole rings is 2. The molecule has 0 radical (unpaired) electrons. The summed E-state index contributed by atoms with van der Waals surface area (Å²) in [7, 11) is 0. The van der Waals surface area contributed by atoms with Crippen molar-refractivity contribution in [3.05, 3.63) is 133 Å². The number of allylic oxidation sites excluding steroid dienone is 1. The summed E-state index contributed by atoms with van der Waals surface area (Å²) in [6, 6.07) is 41.2. The van der Waals surface area contributed by atoms with E-state index in [1.54, 1.807) is 0 Å². The third-order valence-corrected chi connectivity index (χ3v) is 9.09. The van der Waals surface area contributed by atoms with E-state index in [1.165, 1.54) is 22.2 Å². The molecule has 0 saturated carbocycles. The van der Waals surface area contributed by atoms with Crippen molar-refractivity contribution in [1.29, 1.82) is 0 Å². The first kappa shape index (κ1) is 22.9. The predicted octanol–water partition coefficient (Wildman–Crippen LogP) is 9.06. The smallest absolute Gasteiger partial charge is 0.182 e. The predicted molar refractivity (Wildman–Crippen MR) is 177 cm³/mol. The number of rotatable bonds is 1. The first-order valence-electron chi connectivity index (χ1n) is 14.8. The Hall–Kier alpha value is -5.68. The van der Waals surface area contributed by atoms with Crippen molar-refractivity contribution >= 4 is 72.1 Å². The van der Waals surface area contributed by atoms with E-state index in [1.807, 2.05) is 0 Å². The Kier molecular flexibility index (Phi) is 4.50. The molecule has 4 aromatic heterocycles. The van der Waals surface area contributed by atoms with Crippen molar-refractivity contribution in [2.45, 2.75) is 12.8 Å². The molecule has 0 N–H and O–H groups in total. The van der Waals surface area contributed by atoms with Crippen LogP contribution in [0.4, 0.5) is 0 Å². The van der Waals surface area contributed by atoms with Crippen molar-refractivity contribution in [1.82, 2.24) is 23.3 Å². The lowest BCUT2D eigenvalue weighted by atomic mass is 10.0. The average Bonchev–Trinajstić information content (AvgIpc) is 3.73. The second kappa shape index (κ2) is 8.43. The van der Waals surface area contributed by atoms with Gasteiger partial charge < -0.3 is 4.57 Å². The van der Waals surface area contributed by atoms with Crippen LogP contribution in [-0.4, -0.2) is 23.3 Å². The summed E-state index contributed by atoms with van der Waals surface area (Å²) in [6.07, 6.45) is 6.73. The summed E-state index contributed by atoms with van der Waals surface area (Å²) in [5.41, 5.74) is 13.0. The molecule has 0 amide bonds. The van der Waals surface area contributed by atoms with E-state index in [-0.39, 0.29) is 0 Å². The Labute approximate surface area is 246 Å². The second-order valence-electron chi connectivity index (χ2n) is 11.4. The Balaban J connectivity index is 1.47. The van der Waals surface area contributed by atoms with E-state index in [4.69, 9.17) is 9.97 Å². The molecule has 1 aliphatic carbocycles. The lowest BCUT2D eigenvalue weighted by molar-refractivity contribution is 0.968. The summed E-state index contributed by atoms with van der Waals surface area (Å²) in [5.74, 6) is 0. The molecule has 0 saturated heterocycles. The monoisotopic (exact) mass is 551 g/mol. The van der Waals surface area contributed by atoms with Gasteiger partial charge in [-0.2, -0.15) is 0 Å². The summed E-state index contributed by atoms with van der Waals surface area (Å²) in [4.78, 5) is 10.4. The van der Waals surface area contributed by atoms with Crippen molar-refractivity contribution in [2.24, 2.45) is 0 Å². The number of aryl methyl sites for hydroxylation is 1. The minimum absolute atomic E-state index is 0.838. The highest BCUT2D eigenvalue weighted by atomic mass is 15.1. The van der Waals surface area contributed by atoms with E-state index < -0.39 is 0 Å². The van der Waals surface area contributed by atoms with Gasteiger partial charge in [0.1, 0.15) is 0 Å². The molecule has 0 unspecified atom stereocenters. The van der Waals surface area contributed by atoms with Crippen LogP contribution in [0.3, 0.4) is 0 Å². The van der Waals surface area contributed by atoms with Crippen LogP contribution in [0.2, 0.25) is 0 Å². The fraction of sp³-hybridized carbons (Fsp3) is 0.0526. The highest BCUT2D eigenvalue weighted by Crippen LogP contribution is 2.36. The van der Waals surface area contributed by atoms with E-state index >= 15 is 0 Å². The first-order chi connectivity index (χ1) is 21.3. The molecule has 9 aromatic rings. The van der Waals surface area contributed by atoms with E-state index in [2.05, 4.69) is 141 Å². The van der Waals surface area contributed by atoms with Gasteiger partial charge in [0.25, 0.3) is 0 Å². The zero-order valence-electron chi connectivity index (χ0n) is 23.3. The summed E-state index contributed by atoms with van der Waals surface area (Å²) in [6.45, 7) is 0. The molecule has 0 aliphatic heterocycles. The molecule has 43 heavy (non-hydrogen) atoms. The molecule has 10 rings (SSSR count). The largest absolute Gasteiger partial charge is 0.310 e. The number of hydrogen-bond acceptors (Lipinski definition) is 2. The van der Waals surface area contributed by atoms with Crippen LogP contribution >= 0.6 is 0 Å². The number of aromatic nitrogens is 5. The van der Waals surface area contributed by atoms with Crippen molar-refractivity contribution in [3.63, 3.8) is 0 Å². The Morgan fingerprint density at radius 1 is 0.512 bits per heavy atom.